The smallest absolute Gasteiger partial charge is 0.245 e. The number of oxime groups is 1. The van der Waals surface area contributed by atoms with Crippen molar-refractivity contribution in [3.8, 4) is 0 Å². The molecule has 3 heterocycles. The Kier molecular flexibility index (Phi) is 4.28. The number of carbonyl (C=O) groups is 1. The number of carbonyl (C=O) groups excluding carboxylic acids is 1. The minimum Gasteiger partial charge on any atom is -0.399 e. The highest BCUT2D eigenvalue weighted by Crippen LogP contribution is 2.36. The molecule has 1 aliphatic carbocycles. The molecule has 3 N–H and O–H groups in total. The quantitative estimate of drug-likeness (QED) is 0.548. The molecule has 4 unspecified atom stereocenters. The molecular weight excluding hydrogens is 342 g/mol. The van der Waals surface area contributed by atoms with Gasteiger partial charge in [-0.1, -0.05) is 23.4 Å². The van der Waals surface area contributed by atoms with Crippen LogP contribution in [0, 0.1) is 11.8 Å². The van der Waals surface area contributed by atoms with Gasteiger partial charge in [-0.2, -0.15) is 0 Å². The minimum atomic E-state index is -0.143. The maximum Gasteiger partial charge on any atom is 0.245 e. The summed E-state index contributed by atoms with van der Waals surface area (Å²) in [5, 5.41) is 7.74. The maximum absolute atomic E-state index is 13.2. The zero-order valence-corrected chi connectivity index (χ0v) is 15.6. The Morgan fingerprint density at radius 1 is 1.22 bits per heavy atom. The monoisotopic (exact) mass is 369 g/mol. The van der Waals surface area contributed by atoms with Crippen molar-refractivity contribution in [3.05, 3.63) is 29.8 Å². The van der Waals surface area contributed by atoms with E-state index in [4.69, 9.17) is 4.84 Å². The van der Waals surface area contributed by atoms with E-state index in [0.717, 1.165) is 37.3 Å². The van der Waals surface area contributed by atoms with Crippen LogP contribution in [0.5, 0.6) is 0 Å². The normalized spacial score (nSPS) is 32.6. The van der Waals surface area contributed by atoms with Crippen LogP contribution in [0.15, 0.2) is 29.4 Å². The molecule has 3 fully saturated rings. The number of anilines is 1. The second-order valence-electron chi connectivity index (χ2n) is 8.14. The highest BCUT2D eigenvalue weighted by molar-refractivity contribution is 5.94. The van der Waals surface area contributed by atoms with Crippen molar-refractivity contribution >= 4 is 17.3 Å². The van der Waals surface area contributed by atoms with E-state index >= 15 is 0 Å². The van der Waals surface area contributed by atoms with Gasteiger partial charge in [-0.25, -0.2) is 5.43 Å². The predicted octanol–water partition coefficient (Wildman–Crippen LogP) is 1.13. The average Bonchev–Trinajstić information content (AvgIpc) is 3.30. The van der Waals surface area contributed by atoms with Crippen LogP contribution in [0.4, 0.5) is 5.69 Å². The van der Waals surface area contributed by atoms with Crippen molar-refractivity contribution in [1.82, 2.24) is 15.8 Å². The van der Waals surface area contributed by atoms with E-state index in [1.165, 1.54) is 18.4 Å². The fourth-order valence-electron chi connectivity index (χ4n) is 4.83. The molecule has 4 aliphatic rings. The lowest BCUT2D eigenvalue weighted by Gasteiger charge is -2.37. The number of hydrazine groups is 1. The fourth-order valence-corrected chi connectivity index (χ4v) is 4.83. The Bertz CT molecular complexity index is 737. The largest absolute Gasteiger partial charge is 0.399 e. The number of para-hydroxylation sites is 1. The molecule has 1 amide bonds. The van der Waals surface area contributed by atoms with Crippen LogP contribution in [0.2, 0.25) is 0 Å². The first-order valence-corrected chi connectivity index (χ1v) is 10.00. The third-order valence-corrected chi connectivity index (χ3v) is 6.40. The molecule has 3 aliphatic heterocycles. The number of nitrogens with zero attached hydrogens (tertiary/aromatic N) is 2. The minimum absolute atomic E-state index is 0.143. The summed E-state index contributed by atoms with van der Waals surface area (Å²) in [7, 11) is 1.61. The molecule has 5 rings (SSSR count). The molecule has 2 saturated heterocycles. The summed E-state index contributed by atoms with van der Waals surface area (Å²) in [6, 6.07) is 8.59. The third-order valence-electron chi connectivity index (χ3n) is 6.40. The molecule has 1 aromatic rings. The van der Waals surface area contributed by atoms with Crippen molar-refractivity contribution in [2.75, 3.05) is 25.5 Å². The van der Waals surface area contributed by atoms with Crippen LogP contribution in [0.1, 0.15) is 24.8 Å². The van der Waals surface area contributed by atoms with Crippen molar-refractivity contribution in [2.24, 2.45) is 17.0 Å². The van der Waals surface area contributed by atoms with Gasteiger partial charge in [-0.15, -0.1) is 0 Å². The summed E-state index contributed by atoms with van der Waals surface area (Å²) in [6.07, 6.45) is 4.11. The molecule has 27 heavy (non-hydrogen) atoms. The molecule has 0 radical (unpaired) electrons. The lowest BCUT2D eigenvalue weighted by molar-refractivity contribution is -0.133. The van der Waals surface area contributed by atoms with Gasteiger partial charge in [0.25, 0.3) is 0 Å². The van der Waals surface area contributed by atoms with Gasteiger partial charge in [0.1, 0.15) is 13.2 Å². The predicted molar refractivity (Wildman–Crippen MR) is 103 cm³/mol. The highest BCUT2D eigenvalue weighted by Gasteiger charge is 2.47. The standard InChI is InChI=1S/C20H27N5O2/c1-27-24-18(12-6-7-12)19-14-11-25(9-8-16(14)22-23-19)20(26)17-10-13-4-2-3-5-15(13)21-17/h2-5,12,14,16-17,19,21-23H,6-11H2,1H3/b24-18-. The molecule has 144 valence electrons. The zero-order chi connectivity index (χ0) is 18.4. The molecule has 1 saturated carbocycles. The number of benzene rings is 1. The van der Waals surface area contributed by atoms with E-state index in [0.29, 0.717) is 17.9 Å². The van der Waals surface area contributed by atoms with Gasteiger partial charge < -0.3 is 15.1 Å². The van der Waals surface area contributed by atoms with Crippen molar-refractivity contribution in [3.63, 3.8) is 0 Å². The SMILES string of the molecule is CO/N=C(/C1CC1)C1NNC2CCN(C(=O)C3Cc4ccccc4N3)CC21. The van der Waals surface area contributed by atoms with Crippen LogP contribution >= 0.6 is 0 Å². The lowest BCUT2D eigenvalue weighted by Crippen LogP contribution is -2.53. The summed E-state index contributed by atoms with van der Waals surface area (Å²) in [5.41, 5.74) is 10.3. The number of hydrogen-bond acceptors (Lipinski definition) is 6. The molecular formula is C20H27N5O2. The summed E-state index contributed by atoms with van der Waals surface area (Å²) < 4.78 is 0. The van der Waals surface area contributed by atoms with E-state index in [9.17, 15) is 4.79 Å². The van der Waals surface area contributed by atoms with Crippen molar-refractivity contribution < 1.29 is 9.63 Å². The molecule has 7 nitrogen and oxygen atoms in total. The Hall–Kier alpha value is -2.12. The first kappa shape index (κ1) is 17.0. The maximum atomic E-state index is 13.2. The van der Waals surface area contributed by atoms with E-state index in [1.807, 2.05) is 17.0 Å². The summed E-state index contributed by atoms with van der Waals surface area (Å²) in [6.45, 7) is 1.56. The first-order valence-electron chi connectivity index (χ1n) is 10.00. The lowest BCUT2D eigenvalue weighted by atomic mass is 9.85. The van der Waals surface area contributed by atoms with E-state index in [1.54, 1.807) is 7.11 Å². The Morgan fingerprint density at radius 3 is 2.85 bits per heavy atom. The summed E-state index contributed by atoms with van der Waals surface area (Å²) >= 11 is 0. The first-order chi connectivity index (χ1) is 13.2. The molecule has 0 aromatic heterocycles. The van der Waals surface area contributed by atoms with Gasteiger partial charge in [-0.3, -0.25) is 10.2 Å². The summed E-state index contributed by atoms with van der Waals surface area (Å²) in [5.74, 6) is 1.08. The van der Waals surface area contributed by atoms with Gasteiger partial charge in [0.05, 0.1) is 11.8 Å². The molecule has 0 spiro atoms. The van der Waals surface area contributed by atoms with E-state index in [-0.39, 0.29) is 18.0 Å². The zero-order valence-electron chi connectivity index (χ0n) is 15.6. The average molecular weight is 369 g/mol. The van der Waals surface area contributed by atoms with Crippen LogP contribution in [-0.4, -0.2) is 54.8 Å². The number of amides is 1. The third kappa shape index (κ3) is 3.08. The van der Waals surface area contributed by atoms with Crippen molar-refractivity contribution in [1.29, 1.82) is 0 Å². The number of hydrogen-bond donors (Lipinski definition) is 3. The topological polar surface area (TPSA) is 78.0 Å². The second-order valence-corrected chi connectivity index (χ2v) is 8.14. The fraction of sp³-hybridized carbons (Fsp3) is 0.600. The van der Waals surface area contributed by atoms with Crippen LogP contribution in [0.25, 0.3) is 0 Å². The second kappa shape index (κ2) is 6.80. The molecule has 7 heteroatoms. The number of nitrogens with one attached hydrogen (secondary N) is 3. The number of rotatable bonds is 4. The van der Waals surface area contributed by atoms with Gasteiger partial charge in [0.15, 0.2) is 0 Å². The van der Waals surface area contributed by atoms with E-state index < -0.39 is 0 Å². The van der Waals surface area contributed by atoms with E-state index in [2.05, 4.69) is 33.5 Å². The molecule has 0 bridgehead atoms. The van der Waals surface area contributed by atoms with Crippen LogP contribution < -0.4 is 16.2 Å². The Balaban J connectivity index is 1.29. The van der Waals surface area contributed by atoms with Gasteiger partial charge >= 0.3 is 0 Å². The van der Waals surface area contributed by atoms with Gasteiger partial charge in [-0.05, 0) is 30.9 Å². The molecule has 1 aromatic carbocycles. The Morgan fingerprint density at radius 2 is 2.07 bits per heavy atom. The Labute approximate surface area is 159 Å². The number of likely N-dealkylation sites (tertiary alicyclic amines) is 1. The van der Waals surface area contributed by atoms with Crippen LogP contribution in [0.3, 0.4) is 0 Å². The van der Waals surface area contributed by atoms with Crippen LogP contribution in [-0.2, 0) is 16.1 Å². The van der Waals surface area contributed by atoms with Gasteiger partial charge in [0.2, 0.25) is 5.91 Å². The number of fused-ring (bicyclic) bond motifs is 2. The van der Waals surface area contributed by atoms with Gasteiger partial charge in [0, 0.05) is 43.1 Å². The van der Waals surface area contributed by atoms with Crippen molar-refractivity contribution in [2.45, 2.75) is 43.8 Å². The number of piperidine rings is 1. The summed E-state index contributed by atoms with van der Waals surface area (Å²) in [4.78, 5) is 20.3. The highest BCUT2D eigenvalue weighted by atomic mass is 16.6. The molecule has 4 atom stereocenters.